The molecule has 0 unspecified atom stereocenters. The molecule has 0 aliphatic carbocycles. The summed E-state index contributed by atoms with van der Waals surface area (Å²) >= 11 is 3.45. The van der Waals surface area contributed by atoms with Crippen LogP contribution in [0.5, 0.6) is 0 Å². The highest BCUT2D eigenvalue weighted by atomic mass is 79.9. The maximum Gasteiger partial charge on any atom is 0.115 e. The average Bonchev–Trinajstić information content (AvgIpc) is 2.61. The van der Waals surface area contributed by atoms with Crippen molar-refractivity contribution in [3.8, 4) is 0 Å². The van der Waals surface area contributed by atoms with Crippen molar-refractivity contribution < 1.29 is 4.74 Å². The fraction of sp³-hybridized carbons (Fsp3) is 0.571. The van der Waals surface area contributed by atoms with Gasteiger partial charge in [0.2, 0.25) is 0 Å². The smallest absolute Gasteiger partial charge is 0.115 e. The molecule has 0 amide bonds. The molecule has 0 bridgehead atoms. The molecule has 2 aliphatic rings. The Balaban J connectivity index is 0.000000686. The van der Waals surface area contributed by atoms with Gasteiger partial charge in [-0.25, -0.2) is 0 Å². The molecule has 0 aromatic heterocycles. The van der Waals surface area contributed by atoms with Crippen LogP contribution in [0, 0.1) is 0 Å². The zero-order valence-corrected chi connectivity index (χ0v) is 12.8. The maximum atomic E-state index is 5.90. The van der Waals surface area contributed by atoms with Crippen molar-refractivity contribution in [2.24, 2.45) is 0 Å². The van der Waals surface area contributed by atoms with E-state index < -0.39 is 0 Å². The number of rotatable bonds is 2. The van der Waals surface area contributed by atoms with E-state index in [2.05, 4.69) is 47.5 Å². The maximum absolute atomic E-state index is 5.90. The first-order chi connectivity index (χ1) is 8.07. The van der Waals surface area contributed by atoms with E-state index in [1.807, 2.05) is 13.8 Å². The molecule has 0 radical (unpaired) electrons. The van der Waals surface area contributed by atoms with Gasteiger partial charge in [-0.15, -0.1) is 0 Å². The fourth-order valence-electron chi connectivity index (χ4n) is 2.25. The van der Waals surface area contributed by atoms with E-state index in [0.29, 0.717) is 0 Å². The summed E-state index contributed by atoms with van der Waals surface area (Å²) < 4.78 is 6.92. The van der Waals surface area contributed by atoms with Crippen molar-refractivity contribution in [1.82, 2.24) is 4.90 Å². The Kier molecular flexibility index (Phi) is 5.17. The van der Waals surface area contributed by atoms with Gasteiger partial charge in [0.1, 0.15) is 5.60 Å². The van der Waals surface area contributed by atoms with E-state index in [0.717, 1.165) is 24.2 Å². The first-order valence-corrected chi connectivity index (χ1v) is 6.89. The lowest BCUT2D eigenvalue weighted by Crippen LogP contribution is -2.60. The van der Waals surface area contributed by atoms with Crippen molar-refractivity contribution in [3.63, 3.8) is 0 Å². The molecule has 2 rings (SSSR count). The Labute approximate surface area is 113 Å². The van der Waals surface area contributed by atoms with Gasteiger partial charge in [-0.3, -0.25) is 4.90 Å². The summed E-state index contributed by atoms with van der Waals surface area (Å²) in [6.07, 6.45) is 3.91. The van der Waals surface area contributed by atoms with Gasteiger partial charge in [-0.2, -0.15) is 0 Å². The second kappa shape index (κ2) is 5.98. The highest BCUT2D eigenvalue weighted by Gasteiger charge is 2.47. The van der Waals surface area contributed by atoms with E-state index in [1.54, 1.807) is 6.08 Å². The zero-order chi connectivity index (χ0) is 13.1. The summed E-state index contributed by atoms with van der Waals surface area (Å²) in [5, 5.41) is 0. The first-order valence-electron chi connectivity index (χ1n) is 6.10. The number of halogens is 1. The van der Waals surface area contributed by atoms with Crippen LogP contribution in [0.15, 0.2) is 34.4 Å². The van der Waals surface area contributed by atoms with Gasteiger partial charge < -0.3 is 4.74 Å². The van der Waals surface area contributed by atoms with Gasteiger partial charge in [-0.1, -0.05) is 42.4 Å². The van der Waals surface area contributed by atoms with Crippen molar-refractivity contribution in [3.05, 3.63) is 34.4 Å². The number of ether oxygens (including phenoxy) is 1. The summed E-state index contributed by atoms with van der Waals surface area (Å²) in [4.78, 5) is 2.28. The number of hydrogen-bond donors (Lipinski definition) is 0. The molecule has 0 N–H and O–H groups in total. The number of nitrogens with zero attached hydrogens (tertiary/aromatic N) is 1. The molecule has 0 atom stereocenters. The Morgan fingerprint density at radius 2 is 2.06 bits per heavy atom. The van der Waals surface area contributed by atoms with E-state index in [-0.39, 0.29) is 5.60 Å². The molecule has 1 spiro atoms. The van der Waals surface area contributed by atoms with Crippen LogP contribution in [0.2, 0.25) is 0 Å². The molecule has 0 aromatic carbocycles. The Bertz CT molecular complexity index is 351. The van der Waals surface area contributed by atoms with Crippen molar-refractivity contribution in [2.45, 2.75) is 26.4 Å². The SMILES string of the molecule is C=C/C(Br)=C\C1=C(C)C2(CN(C)C2)OC1.CC. The van der Waals surface area contributed by atoms with Crippen LogP contribution in [0.1, 0.15) is 20.8 Å². The van der Waals surface area contributed by atoms with Crippen LogP contribution in [0.25, 0.3) is 0 Å². The summed E-state index contributed by atoms with van der Waals surface area (Å²) in [5.41, 5.74) is 2.67. The van der Waals surface area contributed by atoms with Gasteiger partial charge >= 0.3 is 0 Å². The normalized spacial score (nSPS) is 23.2. The monoisotopic (exact) mass is 299 g/mol. The van der Waals surface area contributed by atoms with Crippen LogP contribution in [0.3, 0.4) is 0 Å². The number of likely N-dealkylation sites (tertiary alicyclic amines) is 1. The predicted octanol–water partition coefficient (Wildman–Crippen LogP) is 3.51. The van der Waals surface area contributed by atoms with E-state index in [4.69, 9.17) is 4.74 Å². The van der Waals surface area contributed by atoms with Gasteiger partial charge in [0.25, 0.3) is 0 Å². The van der Waals surface area contributed by atoms with Crippen LogP contribution in [0.4, 0.5) is 0 Å². The quantitative estimate of drug-likeness (QED) is 0.724. The molecular formula is C14H22BrNO. The summed E-state index contributed by atoms with van der Waals surface area (Å²) in [5.74, 6) is 0. The molecule has 3 heteroatoms. The lowest BCUT2D eigenvalue weighted by Gasteiger charge is -2.46. The second-order valence-electron chi connectivity index (χ2n) is 4.34. The third-order valence-corrected chi connectivity index (χ3v) is 3.78. The van der Waals surface area contributed by atoms with E-state index >= 15 is 0 Å². The van der Waals surface area contributed by atoms with Crippen LogP contribution in [-0.2, 0) is 4.74 Å². The minimum Gasteiger partial charge on any atom is -0.363 e. The van der Waals surface area contributed by atoms with E-state index in [1.165, 1.54) is 11.1 Å². The summed E-state index contributed by atoms with van der Waals surface area (Å²) in [6.45, 7) is 12.7. The highest BCUT2D eigenvalue weighted by molar-refractivity contribution is 9.11. The summed E-state index contributed by atoms with van der Waals surface area (Å²) in [6, 6.07) is 0. The molecule has 17 heavy (non-hydrogen) atoms. The number of hydrogen-bond acceptors (Lipinski definition) is 2. The number of likely N-dealkylation sites (N-methyl/N-ethyl adjacent to an activating group) is 1. The number of allylic oxidation sites excluding steroid dienone is 2. The molecular weight excluding hydrogens is 278 g/mol. The Morgan fingerprint density at radius 3 is 2.53 bits per heavy atom. The minimum absolute atomic E-state index is 0.00896. The molecule has 96 valence electrons. The molecule has 2 aliphatic heterocycles. The molecule has 2 heterocycles. The molecule has 1 saturated heterocycles. The predicted molar refractivity (Wildman–Crippen MR) is 77.4 cm³/mol. The fourth-order valence-corrected chi connectivity index (χ4v) is 2.53. The average molecular weight is 300 g/mol. The summed E-state index contributed by atoms with van der Waals surface area (Å²) in [7, 11) is 2.12. The standard InChI is InChI=1S/C12H16BrNO.C2H6/c1-4-11(13)5-10-6-15-12(9(10)2)7-14(3)8-12;1-2/h4-5H,1,6-8H2,2-3H3;1-2H3/b11-5+;. The second-order valence-corrected chi connectivity index (χ2v) is 5.25. The van der Waals surface area contributed by atoms with Crippen LogP contribution >= 0.6 is 15.9 Å². The third kappa shape index (κ3) is 2.90. The first kappa shape index (κ1) is 14.7. The molecule has 1 fully saturated rings. The lowest BCUT2D eigenvalue weighted by molar-refractivity contribution is -0.0866. The van der Waals surface area contributed by atoms with Crippen molar-refractivity contribution in [1.29, 1.82) is 0 Å². The van der Waals surface area contributed by atoms with Crippen LogP contribution in [-0.4, -0.2) is 37.2 Å². The zero-order valence-electron chi connectivity index (χ0n) is 11.2. The van der Waals surface area contributed by atoms with Crippen molar-refractivity contribution >= 4 is 15.9 Å². The minimum atomic E-state index is 0.00896. The van der Waals surface area contributed by atoms with Crippen molar-refractivity contribution in [2.75, 3.05) is 26.7 Å². The molecule has 0 saturated carbocycles. The molecule has 0 aromatic rings. The van der Waals surface area contributed by atoms with E-state index in [9.17, 15) is 0 Å². The van der Waals surface area contributed by atoms with Gasteiger partial charge in [0, 0.05) is 17.6 Å². The van der Waals surface area contributed by atoms with Gasteiger partial charge in [0.15, 0.2) is 0 Å². The highest BCUT2D eigenvalue weighted by Crippen LogP contribution is 2.39. The lowest BCUT2D eigenvalue weighted by atomic mass is 9.86. The van der Waals surface area contributed by atoms with Crippen LogP contribution < -0.4 is 0 Å². The largest absolute Gasteiger partial charge is 0.363 e. The Morgan fingerprint density at radius 1 is 1.47 bits per heavy atom. The van der Waals surface area contributed by atoms with Gasteiger partial charge in [-0.05, 0) is 31.2 Å². The van der Waals surface area contributed by atoms with Gasteiger partial charge in [0.05, 0.1) is 6.61 Å². The Hall–Kier alpha value is -0.380. The topological polar surface area (TPSA) is 12.5 Å². The third-order valence-electron chi connectivity index (χ3n) is 3.23. The molecule has 2 nitrogen and oxygen atoms in total.